The quantitative estimate of drug-likeness (QED) is 0.569. The van der Waals surface area contributed by atoms with Crippen LogP contribution in [0.3, 0.4) is 0 Å². The molecule has 0 bridgehead atoms. The minimum Gasteiger partial charge on any atom is -0.395 e. The van der Waals surface area contributed by atoms with E-state index in [2.05, 4.69) is 18.3 Å². The summed E-state index contributed by atoms with van der Waals surface area (Å²) in [5.74, 6) is 0.554. The van der Waals surface area contributed by atoms with Crippen molar-refractivity contribution in [2.24, 2.45) is 5.92 Å². The minimum absolute atomic E-state index is 0.0594. The molecule has 0 spiro atoms. The van der Waals surface area contributed by atoms with E-state index >= 15 is 0 Å². The summed E-state index contributed by atoms with van der Waals surface area (Å²) >= 11 is 0. The van der Waals surface area contributed by atoms with Gasteiger partial charge in [-0.25, -0.2) is 0 Å². The zero-order chi connectivity index (χ0) is 8.27. The number of piperidine rings is 1. The Hall–Kier alpha value is -0.590. The van der Waals surface area contributed by atoms with Crippen molar-refractivity contribution in [3.05, 3.63) is 0 Å². The van der Waals surface area contributed by atoms with Crippen LogP contribution < -0.4 is 5.32 Å². The Morgan fingerprint density at radius 2 is 2.36 bits per heavy atom. The van der Waals surface area contributed by atoms with E-state index in [4.69, 9.17) is 10.4 Å². The predicted octanol–water partition coefficient (Wildman–Crippen LogP) is 0.259. The number of nitriles is 1. The molecular formula is C8H14N2O. The summed E-state index contributed by atoms with van der Waals surface area (Å²) in [7, 11) is 0. The van der Waals surface area contributed by atoms with Crippen LogP contribution in [0.2, 0.25) is 0 Å². The second-order valence-corrected chi connectivity index (χ2v) is 3.30. The Morgan fingerprint density at radius 1 is 1.64 bits per heavy atom. The maximum Gasteiger partial charge on any atom is 0.0958 e. The summed E-state index contributed by atoms with van der Waals surface area (Å²) in [6.07, 6.45) is 1.89. The second kappa shape index (κ2) is 3.70. The van der Waals surface area contributed by atoms with E-state index in [-0.39, 0.29) is 18.7 Å². The Labute approximate surface area is 67.0 Å². The zero-order valence-electron chi connectivity index (χ0n) is 6.75. The third kappa shape index (κ3) is 2.18. The van der Waals surface area contributed by atoms with Crippen molar-refractivity contribution >= 4 is 0 Å². The highest BCUT2D eigenvalue weighted by Gasteiger charge is 2.24. The van der Waals surface area contributed by atoms with Gasteiger partial charge < -0.3 is 5.11 Å². The largest absolute Gasteiger partial charge is 0.395 e. The third-order valence-corrected chi connectivity index (χ3v) is 2.14. The highest BCUT2D eigenvalue weighted by molar-refractivity contribution is 4.96. The second-order valence-electron chi connectivity index (χ2n) is 3.30. The van der Waals surface area contributed by atoms with Crippen LogP contribution in [-0.4, -0.2) is 23.8 Å². The van der Waals surface area contributed by atoms with Crippen LogP contribution in [0.5, 0.6) is 0 Å². The molecule has 0 aromatic rings. The molecule has 0 saturated carbocycles. The summed E-state index contributed by atoms with van der Waals surface area (Å²) in [5.41, 5.74) is 0. The van der Waals surface area contributed by atoms with Gasteiger partial charge in [0.15, 0.2) is 0 Å². The van der Waals surface area contributed by atoms with Crippen LogP contribution in [0.4, 0.5) is 0 Å². The van der Waals surface area contributed by atoms with Crippen molar-refractivity contribution in [1.82, 2.24) is 5.32 Å². The molecule has 2 N–H and O–H groups in total. The molecule has 1 heterocycles. The van der Waals surface area contributed by atoms with E-state index in [1.165, 1.54) is 0 Å². The molecule has 0 aliphatic carbocycles. The summed E-state index contributed by atoms with van der Waals surface area (Å²) < 4.78 is 0. The average molecular weight is 154 g/mol. The van der Waals surface area contributed by atoms with Gasteiger partial charge >= 0.3 is 0 Å². The molecule has 0 unspecified atom stereocenters. The first-order valence-electron chi connectivity index (χ1n) is 4.02. The highest BCUT2D eigenvalue weighted by Crippen LogP contribution is 2.18. The zero-order valence-corrected chi connectivity index (χ0v) is 6.75. The molecule has 62 valence electrons. The van der Waals surface area contributed by atoms with Crippen molar-refractivity contribution in [2.75, 3.05) is 6.61 Å². The first-order valence-corrected chi connectivity index (χ1v) is 4.02. The fourth-order valence-electron chi connectivity index (χ4n) is 1.62. The van der Waals surface area contributed by atoms with Gasteiger partial charge in [0.25, 0.3) is 0 Å². The molecule has 1 saturated heterocycles. The average Bonchev–Trinajstić information content (AvgIpc) is 2.03. The summed E-state index contributed by atoms with van der Waals surface area (Å²) in [6.45, 7) is 2.26. The smallest absolute Gasteiger partial charge is 0.0958 e. The molecule has 0 radical (unpaired) electrons. The minimum atomic E-state index is -0.0594. The Kier molecular flexibility index (Phi) is 2.86. The van der Waals surface area contributed by atoms with E-state index in [9.17, 15) is 0 Å². The number of nitrogens with zero attached hydrogens (tertiary/aromatic N) is 1. The fraction of sp³-hybridized carbons (Fsp3) is 0.875. The molecule has 1 aliphatic heterocycles. The van der Waals surface area contributed by atoms with Crippen molar-refractivity contribution < 1.29 is 5.11 Å². The molecular weight excluding hydrogens is 140 g/mol. The number of aliphatic hydroxyl groups excluding tert-OH is 1. The number of aliphatic hydroxyl groups is 1. The number of rotatable bonds is 1. The monoisotopic (exact) mass is 154 g/mol. The van der Waals surface area contributed by atoms with Crippen LogP contribution in [0.25, 0.3) is 0 Å². The van der Waals surface area contributed by atoms with Crippen molar-refractivity contribution in [3.63, 3.8) is 0 Å². The molecule has 3 heteroatoms. The number of nitrogens with one attached hydrogen (secondary N) is 1. The van der Waals surface area contributed by atoms with Crippen LogP contribution in [0, 0.1) is 17.2 Å². The number of hydrogen-bond acceptors (Lipinski definition) is 3. The van der Waals surface area contributed by atoms with Crippen LogP contribution in [0.15, 0.2) is 0 Å². The van der Waals surface area contributed by atoms with Crippen LogP contribution in [-0.2, 0) is 0 Å². The lowest BCUT2D eigenvalue weighted by atomic mass is 9.90. The summed E-state index contributed by atoms with van der Waals surface area (Å²) in [5, 5.41) is 20.6. The lowest BCUT2D eigenvalue weighted by Gasteiger charge is -2.30. The molecule has 1 aliphatic rings. The van der Waals surface area contributed by atoms with Gasteiger partial charge in [0.2, 0.25) is 0 Å². The van der Waals surface area contributed by atoms with Crippen LogP contribution in [0.1, 0.15) is 19.8 Å². The molecule has 0 aromatic carbocycles. The van der Waals surface area contributed by atoms with Crippen molar-refractivity contribution in [2.45, 2.75) is 31.8 Å². The Bertz CT molecular complexity index is 164. The van der Waals surface area contributed by atoms with E-state index in [1.807, 2.05) is 0 Å². The van der Waals surface area contributed by atoms with Gasteiger partial charge in [-0.05, 0) is 18.8 Å². The summed E-state index contributed by atoms with van der Waals surface area (Å²) in [4.78, 5) is 0. The van der Waals surface area contributed by atoms with E-state index < -0.39 is 0 Å². The van der Waals surface area contributed by atoms with Gasteiger partial charge in [-0.1, -0.05) is 6.92 Å². The van der Waals surface area contributed by atoms with Gasteiger partial charge in [0, 0.05) is 6.04 Å². The Morgan fingerprint density at radius 3 is 2.91 bits per heavy atom. The van der Waals surface area contributed by atoms with Gasteiger partial charge in [-0.15, -0.1) is 0 Å². The van der Waals surface area contributed by atoms with Gasteiger partial charge in [-0.3, -0.25) is 5.32 Å². The molecule has 0 amide bonds. The van der Waals surface area contributed by atoms with Crippen molar-refractivity contribution in [1.29, 1.82) is 5.26 Å². The first-order chi connectivity index (χ1) is 5.26. The van der Waals surface area contributed by atoms with E-state index in [1.54, 1.807) is 0 Å². The SMILES string of the molecule is C[C@H]1C[C@@H](CO)N[C@H](C#N)C1. The Balaban J connectivity index is 2.45. The fourth-order valence-corrected chi connectivity index (χ4v) is 1.62. The third-order valence-electron chi connectivity index (χ3n) is 2.14. The first kappa shape index (κ1) is 8.51. The lowest BCUT2D eigenvalue weighted by molar-refractivity contribution is 0.184. The van der Waals surface area contributed by atoms with E-state index in [0.717, 1.165) is 12.8 Å². The topological polar surface area (TPSA) is 56.0 Å². The van der Waals surface area contributed by atoms with Gasteiger partial charge in [-0.2, -0.15) is 5.26 Å². The maximum absolute atomic E-state index is 8.85. The van der Waals surface area contributed by atoms with Crippen LogP contribution >= 0.6 is 0 Å². The molecule has 3 atom stereocenters. The molecule has 1 fully saturated rings. The molecule has 11 heavy (non-hydrogen) atoms. The van der Waals surface area contributed by atoms with Gasteiger partial charge in [0.05, 0.1) is 18.7 Å². The lowest BCUT2D eigenvalue weighted by Crippen LogP contribution is -2.46. The maximum atomic E-state index is 8.85. The van der Waals surface area contributed by atoms with E-state index in [0.29, 0.717) is 5.92 Å². The molecule has 0 aromatic heterocycles. The number of hydrogen-bond donors (Lipinski definition) is 2. The molecule has 3 nitrogen and oxygen atoms in total. The predicted molar refractivity (Wildman–Crippen MR) is 41.8 cm³/mol. The van der Waals surface area contributed by atoms with Gasteiger partial charge in [0.1, 0.15) is 0 Å². The standard InChI is InChI=1S/C8H14N2O/c1-6-2-7(4-9)10-8(3-6)5-11/h6-8,10-11H,2-3,5H2,1H3/t6-,7+,8+/m1/s1. The normalized spacial score (nSPS) is 38.1. The summed E-state index contributed by atoms with van der Waals surface area (Å²) in [6, 6.07) is 2.25. The van der Waals surface area contributed by atoms with Crippen molar-refractivity contribution in [3.8, 4) is 6.07 Å². The molecule has 1 rings (SSSR count). The highest BCUT2D eigenvalue weighted by atomic mass is 16.3.